The minimum absolute atomic E-state index is 0.0512. The summed E-state index contributed by atoms with van der Waals surface area (Å²) < 4.78 is 1.83. The summed E-state index contributed by atoms with van der Waals surface area (Å²) in [5, 5.41) is 4.26. The van der Waals surface area contributed by atoms with Gasteiger partial charge in [-0.3, -0.25) is 9.48 Å². The molecule has 6 nitrogen and oxygen atoms in total. The third kappa shape index (κ3) is 4.82. The van der Waals surface area contributed by atoms with Gasteiger partial charge in [0.2, 0.25) is 0 Å². The summed E-state index contributed by atoms with van der Waals surface area (Å²) in [5.74, 6) is 0.0512. The van der Waals surface area contributed by atoms with E-state index in [1.165, 1.54) is 12.8 Å². The quantitative estimate of drug-likeness (QED) is 0.704. The summed E-state index contributed by atoms with van der Waals surface area (Å²) in [4.78, 5) is 18.6. The molecule has 1 aromatic heterocycles. The second kappa shape index (κ2) is 7.04. The molecule has 0 aliphatic heterocycles. The molecular weight excluding hydrogens is 266 g/mol. The first-order valence-corrected chi connectivity index (χ1v) is 7.60. The second-order valence-electron chi connectivity index (χ2n) is 6.23. The smallest absolute Gasteiger partial charge is 0.256 e. The van der Waals surface area contributed by atoms with Crippen LogP contribution in [-0.2, 0) is 6.54 Å². The maximum atomic E-state index is 12.3. The average Bonchev–Trinajstić information content (AvgIpc) is 3.20. The van der Waals surface area contributed by atoms with Crippen molar-refractivity contribution < 1.29 is 4.79 Å². The number of amides is 1. The van der Waals surface area contributed by atoms with Gasteiger partial charge in [-0.2, -0.15) is 5.10 Å². The van der Waals surface area contributed by atoms with Crippen LogP contribution in [0.5, 0.6) is 0 Å². The number of rotatable bonds is 8. The van der Waals surface area contributed by atoms with Gasteiger partial charge in [0.25, 0.3) is 5.91 Å². The first-order valence-electron chi connectivity index (χ1n) is 7.60. The number of nitrogens with zero attached hydrogens (tertiary/aromatic N) is 5. The van der Waals surface area contributed by atoms with Gasteiger partial charge in [0.05, 0.1) is 18.3 Å². The van der Waals surface area contributed by atoms with Crippen LogP contribution < -0.4 is 0 Å². The monoisotopic (exact) mass is 293 g/mol. The minimum atomic E-state index is 0.0512. The Morgan fingerprint density at radius 2 is 1.95 bits per heavy atom. The van der Waals surface area contributed by atoms with Crippen molar-refractivity contribution in [2.75, 3.05) is 47.8 Å². The van der Waals surface area contributed by atoms with Crippen molar-refractivity contribution in [3.63, 3.8) is 0 Å². The van der Waals surface area contributed by atoms with Crippen LogP contribution in [0.4, 0.5) is 0 Å². The Morgan fingerprint density at radius 1 is 1.24 bits per heavy atom. The third-order valence-electron chi connectivity index (χ3n) is 3.96. The standard InChI is InChI=1S/C15H27N5O/c1-17(2)7-10-20-12-13(11-16-20)15(21)19(4)9-8-18(3)14-5-6-14/h11-12,14H,5-10H2,1-4H3. The largest absolute Gasteiger partial charge is 0.340 e. The lowest BCUT2D eigenvalue weighted by molar-refractivity contribution is 0.0781. The number of carbonyl (C=O) groups is 1. The van der Waals surface area contributed by atoms with E-state index < -0.39 is 0 Å². The number of aromatic nitrogens is 2. The van der Waals surface area contributed by atoms with Gasteiger partial charge in [-0.1, -0.05) is 0 Å². The van der Waals surface area contributed by atoms with E-state index in [-0.39, 0.29) is 5.91 Å². The fourth-order valence-electron chi connectivity index (χ4n) is 2.23. The molecule has 1 amide bonds. The molecule has 0 unspecified atom stereocenters. The summed E-state index contributed by atoms with van der Waals surface area (Å²) in [6.07, 6.45) is 6.10. The van der Waals surface area contributed by atoms with E-state index >= 15 is 0 Å². The Morgan fingerprint density at radius 3 is 2.57 bits per heavy atom. The van der Waals surface area contributed by atoms with Crippen LogP contribution in [0.15, 0.2) is 12.4 Å². The van der Waals surface area contributed by atoms with Crippen molar-refractivity contribution >= 4 is 5.91 Å². The zero-order chi connectivity index (χ0) is 15.4. The molecule has 0 aromatic carbocycles. The van der Waals surface area contributed by atoms with Gasteiger partial charge in [-0.05, 0) is 34.0 Å². The molecule has 1 aromatic rings. The lowest BCUT2D eigenvalue weighted by Gasteiger charge is -2.21. The number of carbonyl (C=O) groups excluding carboxylic acids is 1. The Kier molecular flexibility index (Phi) is 5.36. The predicted octanol–water partition coefficient (Wildman–Crippen LogP) is 0.611. The molecule has 0 N–H and O–H groups in total. The van der Waals surface area contributed by atoms with Gasteiger partial charge in [0.1, 0.15) is 0 Å². The number of likely N-dealkylation sites (N-methyl/N-ethyl adjacent to an activating group) is 3. The Bertz CT molecular complexity index is 466. The van der Waals surface area contributed by atoms with Gasteiger partial charge in [0.15, 0.2) is 0 Å². The van der Waals surface area contributed by atoms with Gasteiger partial charge < -0.3 is 14.7 Å². The third-order valence-corrected chi connectivity index (χ3v) is 3.96. The maximum absolute atomic E-state index is 12.3. The number of hydrogen-bond donors (Lipinski definition) is 0. The zero-order valence-corrected chi connectivity index (χ0v) is 13.6. The lowest BCUT2D eigenvalue weighted by atomic mass is 10.3. The van der Waals surface area contributed by atoms with Crippen molar-refractivity contribution in [1.29, 1.82) is 0 Å². The molecule has 1 aliphatic rings. The van der Waals surface area contributed by atoms with Gasteiger partial charge in [0, 0.05) is 38.9 Å². The molecular formula is C15H27N5O. The van der Waals surface area contributed by atoms with E-state index in [1.54, 1.807) is 11.1 Å². The van der Waals surface area contributed by atoms with E-state index in [9.17, 15) is 4.79 Å². The maximum Gasteiger partial charge on any atom is 0.256 e. The van der Waals surface area contributed by atoms with Crippen LogP contribution in [0.25, 0.3) is 0 Å². The normalized spacial score (nSPS) is 15.0. The minimum Gasteiger partial charge on any atom is -0.340 e. The predicted molar refractivity (Wildman–Crippen MR) is 83.4 cm³/mol. The van der Waals surface area contributed by atoms with Crippen LogP contribution >= 0.6 is 0 Å². The first-order chi connectivity index (χ1) is 9.97. The molecule has 21 heavy (non-hydrogen) atoms. The molecule has 0 bridgehead atoms. The van der Waals surface area contributed by atoms with Crippen LogP contribution in [0.2, 0.25) is 0 Å². The average molecular weight is 293 g/mol. The topological polar surface area (TPSA) is 44.6 Å². The molecule has 1 heterocycles. The Hall–Kier alpha value is -1.40. The molecule has 2 rings (SSSR count). The summed E-state index contributed by atoms with van der Waals surface area (Å²) in [6.45, 7) is 3.40. The highest BCUT2D eigenvalue weighted by Crippen LogP contribution is 2.24. The van der Waals surface area contributed by atoms with Crippen molar-refractivity contribution in [3.8, 4) is 0 Å². The van der Waals surface area contributed by atoms with Crippen molar-refractivity contribution in [1.82, 2.24) is 24.5 Å². The van der Waals surface area contributed by atoms with Crippen LogP contribution in [0, 0.1) is 0 Å². The van der Waals surface area contributed by atoms with Crippen LogP contribution in [0.1, 0.15) is 23.2 Å². The SMILES string of the molecule is CN(C)CCn1cc(C(=O)N(C)CCN(C)C2CC2)cn1. The van der Waals surface area contributed by atoms with E-state index in [2.05, 4.69) is 21.9 Å². The summed E-state index contributed by atoms with van der Waals surface area (Å²) in [6, 6.07) is 0.738. The zero-order valence-electron chi connectivity index (χ0n) is 13.6. The molecule has 0 radical (unpaired) electrons. The molecule has 0 atom stereocenters. The van der Waals surface area contributed by atoms with E-state index in [4.69, 9.17) is 0 Å². The molecule has 1 saturated carbocycles. The highest BCUT2D eigenvalue weighted by Gasteiger charge is 2.26. The molecule has 1 fully saturated rings. The fraction of sp³-hybridized carbons (Fsp3) is 0.733. The van der Waals surface area contributed by atoms with E-state index in [0.29, 0.717) is 5.56 Å². The second-order valence-corrected chi connectivity index (χ2v) is 6.23. The van der Waals surface area contributed by atoms with Crippen molar-refractivity contribution in [2.24, 2.45) is 0 Å². The number of hydrogen-bond acceptors (Lipinski definition) is 4. The molecule has 118 valence electrons. The summed E-state index contributed by atoms with van der Waals surface area (Å²) in [5.41, 5.74) is 0.672. The van der Waals surface area contributed by atoms with E-state index in [0.717, 1.165) is 32.2 Å². The molecule has 0 saturated heterocycles. The molecule has 6 heteroatoms. The molecule has 1 aliphatic carbocycles. The highest BCUT2D eigenvalue weighted by atomic mass is 16.2. The summed E-state index contributed by atoms with van der Waals surface area (Å²) in [7, 11) is 8.05. The van der Waals surface area contributed by atoms with Crippen molar-refractivity contribution in [3.05, 3.63) is 18.0 Å². The van der Waals surface area contributed by atoms with Crippen LogP contribution in [-0.4, -0.2) is 84.3 Å². The summed E-state index contributed by atoms with van der Waals surface area (Å²) >= 11 is 0. The van der Waals surface area contributed by atoms with Gasteiger partial charge in [-0.15, -0.1) is 0 Å². The molecule has 0 spiro atoms. The van der Waals surface area contributed by atoms with Gasteiger partial charge >= 0.3 is 0 Å². The van der Waals surface area contributed by atoms with Crippen molar-refractivity contribution in [2.45, 2.75) is 25.4 Å². The van der Waals surface area contributed by atoms with Gasteiger partial charge in [-0.25, -0.2) is 0 Å². The van der Waals surface area contributed by atoms with E-state index in [1.807, 2.05) is 32.0 Å². The Labute approximate surface area is 127 Å². The first kappa shape index (κ1) is 16.0. The highest BCUT2D eigenvalue weighted by molar-refractivity contribution is 5.93. The lowest BCUT2D eigenvalue weighted by Crippen LogP contribution is -2.35. The Balaban J connectivity index is 1.80. The fourth-order valence-corrected chi connectivity index (χ4v) is 2.23. The van der Waals surface area contributed by atoms with Crippen LogP contribution in [0.3, 0.4) is 0 Å².